The Morgan fingerprint density at radius 2 is 1.85 bits per heavy atom. The van der Waals surface area contributed by atoms with Gasteiger partial charge in [-0.05, 0) is 24.5 Å². The molecule has 1 aromatic carbocycles. The van der Waals surface area contributed by atoms with Crippen molar-refractivity contribution in [2.24, 2.45) is 0 Å². The molecule has 0 aromatic heterocycles. The van der Waals surface area contributed by atoms with E-state index in [1.54, 1.807) is 0 Å². The van der Waals surface area contributed by atoms with Gasteiger partial charge in [0.2, 0.25) is 5.91 Å². The summed E-state index contributed by atoms with van der Waals surface area (Å²) in [5.41, 5.74) is 2.81. The molecule has 0 radical (unpaired) electrons. The lowest BCUT2D eigenvalue weighted by Crippen LogP contribution is -2.53. The van der Waals surface area contributed by atoms with E-state index in [1.807, 2.05) is 4.90 Å². The van der Waals surface area contributed by atoms with Crippen LogP contribution in [0.4, 0.5) is 0 Å². The molecule has 4 heteroatoms. The highest BCUT2D eigenvalue weighted by atomic mass is 16.2. The quantitative estimate of drug-likeness (QED) is 0.868. The summed E-state index contributed by atoms with van der Waals surface area (Å²) < 4.78 is 0. The normalized spacial score (nSPS) is 21.4. The Kier molecular flexibility index (Phi) is 4.03. The van der Waals surface area contributed by atoms with Gasteiger partial charge < -0.3 is 10.2 Å². The molecule has 1 fully saturated rings. The van der Waals surface area contributed by atoms with Crippen LogP contribution < -0.4 is 5.32 Å². The highest BCUT2D eigenvalue weighted by Crippen LogP contribution is 2.20. The van der Waals surface area contributed by atoms with E-state index in [9.17, 15) is 4.79 Å². The lowest BCUT2D eigenvalue weighted by Gasteiger charge is -2.37. The van der Waals surface area contributed by atoms with Gasteiger partial charge in [0.25, 0.3) is 0 Å². The Labute approximate surface area is 120 Å². The second-order valence-electron chi connectivity index (χ2n) is 5.74. The highest BCUT2D eigenvalue weighted by Gasteiger charge is 2.28. The van der Waals surface area contributed by atoms with Crippen molar-refractivity contribution in [2.75, 3.05) is 32.7 Å². The fourth-order valence-electron chi connectivity index (χ4n) is 3.15. The second kappa shape index (κ2) is 5.94. The third-order valence-corrected chi connectivity index (χ3v) is 4.49. The molecular formula is C16H23N3O. The van der Waals surface area contributed by atoms with Gasteiger partial charge in [-0.2, -0.15) is 0 Å². The molecule has 1 N–H and O–H groups in total. The van der Waals surface area contributed by atoms with E-state index in [4.69, 9.17) is 0 Å². The summed E-state index contributed by atoms with van der Waals surface area (Å²) >= 11 is 0. The number of carbonyl (C=O) groups excluding carboxylic acids is 1. The largest absolute Gasteiger partial charge is 0.339 e. The van der Waals surface area contributed by atoms with Crippen molar-refractivity contribution in [1.82, 2.24) is 15.1 Å². The van der Waals surface area contributed by atoms with E-state index in [-0.39, 0.29) is 11.9 Å². The molecule has 1 unspecified atom stereocenters. The van der Waals surface area contributed by atoms with Gasteiger partial charge in [-0.25, -0.2) is 0 Å². The molecule has 1 aromatic rings. The lowest BCUT2D eigenvalue weighted by molar-refractivity contribution is -0.137. The molecule has 2 aliphatic heterocycles. The minimum absolute atomic E-state index is 0.0125. The number of hydrogen-bond acceptors (Lipinski definition) is 3. The summed E-state index contributed by atoms with van der Waals surface area (Å²) in [6.45, 7) is 7.45. The van der Waals surface area contributed by atoms with Crippen molar-refractivity contribution < 1.29 is 4.79 Å². The van der Waals surface area contributed by atoms with Crippen molar-refractivity contribution in [3.05, 3.63) is 35.4 Å². The summed E-state index contributed by atoms with van der Waals surface area (Å²) in [6.07, 6.45) is 1.05. The van der Waals surface area contributed by atoms with E-state index in [1.165, 1.54) is 11.1 Å². The Morgan fingerprint density at radius 3 is 2.60 bits per heavy atom. The van der Waals surface area contributed by atoms with Crippen LogP contribution in [0.15, 0.2) is 24.3 Å². The maximum Gasteiger partial charge on any atom is 0.239 e. The van der Waals surface area contributed by atoms with Gasteiger partial charge in [-0.3, -0.25) is 9.69 Å². The average molecular weight is 273 g/mol. The van der Waals surface area contributed by atoms with Crippen LogP contribution >= 0.6 is 0 Å². The predicted octanol–water partition coefficient (Wildman–Crippen LogP) is 0.865. The van der Waals surface area contributed by atoms with Crippen molar-refractivity contribution >= 4 is 5.91 Å². The molecule has 3 rings (SSSR count). The van der Waals surface area contributed by atoms with Gasteiger partial charge >= 0.3 is 0 Å². The van der Waals surface area contributed by atoms with Crippen LogP contribution in [-0.4, -0.2) is 54.5 Å². The summed E-state index contributed by atoms with van der Waals surface area (Å²) in [7, 11) is 0. The number of piperazine rings is 1. The highest BCUT2D eigenvalue weighted by molar-refractivity contribution is 5.81. The molecule has 4 nitrogen and oxygen atoms in total. The van der Waals surface area contributed by atoms with E-state index < -0.39 is 0 Å². The standard InChI is InChI=1S/C16H23N3O/c1-13(16(20)18-10-7-17-8-11-18)19-9-6-14-4-2-3-5-15(14)12-19/h2-5,13,17H,6-12H2,1H3. The van der Waals surface area contributed by atoms with Gasteiger partial charge in [-0.1, -0.05) is 24.3 Å². The summed E-state index contributed by atoms with van der Waals surface area (Å²) in [4.78, 5) is 16.9. The van der Waals surface area contributed by atoms with Gasteiger partial charge in [0, 0.05) is 39.3 Å². The number of nitrogens with zero attached hydrogens (tertiary/aromatic N) is 2. The number of nitrogens with one attached hydrogen (secondary N) is 1. The molecule has 0 spiro atoms. The molecule has 2 heterocycles. The first-order chi connectivity index (χ1) is 9.75. The topological polar surface area (TPSA) is 35.6 Å². The van der Waals surface area contributed by atoms with Crippen LogP contribution in [0.5, 0.6) is 0 Å². The van der Waals surface area contributed by atoms with Crippen molar-refractivity contribution in [3.8, 4) is 0 Å². The average Bonchev–Trinajstić information content (AvgIpc) is 2.54. The molecule has 0 aliphatic carbocycles. The first-order valence-corrected chi connectivity index (χ1v) is 7.56. The van der Waals surface area contributed by atoms with Crippen molar-refractivity contribution in [3.63, 3.8) is 0 Å². The SMILES string of the molecule is CC(C(=O)N1CCNCC1)N1CCc2ccccc2C1. The first-order valence-electron chi connectivity index (χ1n) is 7.56. The van der Waals surface area contributed by atoms with Crippen LogP contribution in [0.1, 0.15) is 18.1 Å². The first kappa shape index (κ1) is 13.6. The molecule has 0 saturated carbocycles. The zero-order valence-electron chi connectivity index (χ0n) is 12.1. The minimum atomic E-state index is -0.0125. The van der Waals surface area contributed by atoms with E-state index in [0.29, 0.717) is 0 Å². The summed E-state index contributed by atoms with van der Waals surface area (Å²) in [5, 5.41) is 3.29. The van der Waals surface area contributed by atoms with Crippen LogP contribution in [0, 0.1) is 0 Å². The maximum atomic E-state index is 12.6. The zero-order valence-corrected chi connectivity index (χ0v) is 12.1. The van der Waals surface area contributed by atoms with Crippen molar-refractivity contribution in [2.45, 2.75) is 25.9 Å². The number of hydrogen-bond donors (Lipinski definition) is 1. The molecule has 108 valence electrons. The van der Waals surface area contributed by atoms with Gasteiger partial charge in [-0.15, -0.1) is 0 Å². The van der Waals surface area contributed by atoms with Crippen molar-refractivity contribution in [1.29, 1.82) is 0 Å². The van der Waals surface area contributed by atoms with Crippen LogP contribution in [0.25, 0.3) is 0 Å². The Morgan fingerprint density at radius 1 is 1.15 bits per heavy atom. The van der Waals surface area contributed by atoms with E-state index >= 15 is 0 Å². The van der Waals surface area contributed by atoms with Gasteiger partial charge in [0.05, 0.1) is 6.04 Å². The van der Waals surface area contributed by atoms with E-state index in [0.717, 1.165) is 45.7 Å². The predicted molar refractivity (Wildman–Crippen MR) is 79.5 cm³/mol. The third kappa shape index (κ3) is 2.72. The number of rotatable bonds is 2. The molecule has 20 heavy (non-hydrogen) atoms. The van der Waals surface area contributed by atoms with Gasteiger partial charge in [0.15, 0.2) is 0 Å². The Bertz CT molecular complexity index is 482. The third-order valence-electron chi connectivity index (χ3n) is 4.49. The maximum absolute atomic E-state index is 12.6. The molecule has 2 aliphatic rings. The lowest BCUT2D eigenvalue weighted by atomic mass is 9.98. The second-order valence-corrected chi connectivity index (χ2v) is 5.74. The van der Waals surface area contributed by atoms with Gasteiger partial charge in [0.1, 0.15) is 0 Å². The van der Waals surface area contributed by atoms with Crippen LogP contribution in [0.2, 0.25) is 0 Å². The monoisotopic (exact) mass is 273 g/mol. The number of amides is 1. The van der Waals surface area contributed by atoms with E-state index in [2.05, 4.69) is 41.4 Å². The molecule has 0 bridgehead atoms. The van der Waals surface area contributed by atoms with Crippen LogP contribution in [0.3, 0.4) is 0 Å². The fourth-order valence-corrected chi connectivity index (χ4v) is 3.15. The number of fused-ring (bicyclic) bond motifs is 1. The molecular weight excluding hydrogens is 250 g/mol. The molecule has 1 saturated heterocycles. The fraction of sp³-hybridized carbons (Fsp3) is 0.562. The summed E-state index contributed by atoms with van der Waals surface area (Å²) in [5.74, 6) is 0.283. The zero-order chi connectivity index (χ0) is 13.9. The minimum Gasteiger partial charge on any atom is -0.339 e. The van der Waals surface area contributed by atoms with Crippen LogP contribution in [-0.2, 0) is 17.8 Å². The number of carbonyl (C=O) groups is 1. The molecule has 1 atom stereocenters. The summed E-state index contributed by atoms with van der Waals surface area (Å²) in [6, 6.07) is 8.56. The number of benzene rings is 1. The molecule has 1 amide bonds. The smallest absolute Gasteiger partial charge is 0.239 e. The Hall–Kier alpha value is -1.39. The Balaban J connectivity index is 1.66.